The number of ketones is 2. The Balaban J connectivity index is 2.22. The van der Waals surface area contributed by atoms with Gasteiger partial charge in [-0.05, 0) is 61.4 Å². The van der Waals surface area contributed by atoms with Crippen molar-refractivity contribution in [2.75, 3.05) is 7.11 Å². The largest absolute Gasteiger partial charge is 0.510 e. The maximum atomic E-state index is 13.0. The number of aliphatic hydroxyl groups excluding tert-OH is 1. The Kier molecular flexibility index (Phi) is 5.30. The van der Waals surface area contributed by atoms with E-state index in [0.717, 1.165) is 15.6 Å². The minimum absolute atomic E-state index is 0.0548. The predicted octanol–water partition coefficient (Wildman–Crippen LogP) is 4.23. The second-order valence-electron chi connectivity index (χ2n) is 7.53. The van der Waals surface area contributed by atoms with Crippen LogP contribution in [0, 0.1) is 25.2 Å². The molecule has 0 radical (unpaired) electrons. The van der Waals surface area contributed by atoms with Gasteiger partial charge in [0.1, 0.15) is 17.0 Å². The molecular formula is C21H23BrO5. The summed E-state index contributed by atoms with van der Waals surface area (Å²) in [5.41, 5.74) is 1.02. The fourth-order valence-corrected chi connectivity index (χ4v) is 5.33. The summed E-state index contributed by atoms with van der Waals surface area (Å²) in [6, 6.07) is 3.75. The monoisotopic (exact) mass is 434 g/mol. The Morgan fingerprint density at radius 3 is 2.44 bits per heavy atom. The molecule has 1 aromatic rings. The molecule has 144 valence electrons. The molecule has 1 aromatic carbocycles. The van der Waals surface area contributed by atoms with Crippen LogP contribution in [0.2, 0.25) is 0 Å². The Bertz CT molecular complexity index is 846. The highest BCUT2D eigenvalue weighted by atomic mass is 79.9. The fourth-order valence-electron chi connectivity index (χ4n) is 4.64. The van der Waals surface area contributed by atoms with E-state index in [1.54, 1.807) is 0 Å². The van der Waals surface area contributed by atoms with E-state index in [-0.39, 0.29) is 35.7 Å². The number of aliphatic hydroxyl groups is 1. The number of methoxy groups -OCH3 is 1. The Morgan fingerprint density at radius 2 is 1.89 bits per heavy atom. The number of Topliss-reactive ketones (excluding diaryl/α,β-unsaturated/α-hetero) is 2. The molecule has 1 fully saturated rings. The highest BCUT2D eigenvalue weighted by Gasteiger charge is 2.58. The average Bonchev–Trinajstić information content (AvgIpc) is 2.86. The third-order valence-electron chi connectivity index (χ3n) is 5.85. The molecule has 0 saturated heterocycles. The van der Waals surface area contributed by atoms with Gasteiger partial charge in [0.25, 0.3) is 0 Å². The summed E-state index contributed by atoms with van der Waals surface area (Å²) in [7, 11) is 1.25. The number of carbonyl (C=O) groups is 3. The van der Waals surface area contributed by atoms with Gasteiger partial charge in [-0.1, -0.05) is 15.9 Å². The van der Waals surface area contributed by atoms with Gasteiger partial charge in [-0.3, -0.25) is 14.4 Å². The third kappa shape index (κ3) is 3.14. The number of carbonyl (C=O) groups excluding carboxylic acids is 3. The molecule has 2 aliphatic rings. The maximum Gasteiger partial charge on any atom is 0.320 e. The highest BCUT2D eigenvalue weighted by Crippen LogP contribution is 2.53. The number of benzene rings is 1. The standard InChI is InChI=1S/C21H23BrO5/c1-11-7-14(22)8-12(2)17(11)18-16(24)10-21(19(18)25,20(26)27-3)13-5-4-6-15(23)9-13/h7-8,13,25H,4-6,9-10H2,1-3H3. The van der Waals surface area contributed by atoms with Gasteiger partial charge in [-0.15, -0.1) is 0 Å². The van der Waals surface area contributed by atoms with Crippen LogP contribution in [0.4, 0.5) is 0 Å². The van der Waals surface area contributed by atoms with Crippen molar-refractivity contribution in [2.45, 2.75) is 46.0 Å². The normalized spacial score (nSPS) is 25.9. The summed E-state index contributed by atoms with van der Waals surface area (Å²) in [5.74, 6) is -1.55. The Morgan fingerprint density at radius 1 is 1.26 bits per heavy atom. The fraction of sp³-hybridized carbons (Fsp3) is 0.476. The van der Waals surface area contributed by atoms with Crippen molar-refractivity contribution in [3.8, 4) is 0 Å². The first-order valence-electron chi connectivity index (χ1n) is 9.06. The van der Waals surface area contributed by atoms with Gasteiger partial charge in [-0.25, -0.2) is 0 Å². The molecule has 0 aromatic heterocycles. The first kappa shape index (κ1) is 19.8. The van der Waals surface area contributed by atoms with Crippen LogP contribution in [0.1, 0.15) is 48.8 Å². The lowest BCUT2D eigenvalue weighted by atomic mass is 9.67. The zero-order valence-electron chi connectivity index (χ0n) is 15.7. The smallest absolute Gasteiger partial charge is 0.320 e. The van der Waals surface area contributed by atoms with Crippen molar-refractivity contribution in [1.82, 2.24) is 0 Å². The molecular weight excluding hydrogens is 412 g/mol. The van der Waals surface area contributed by atoms with Gasteiger partial charge in [0.05, 0.1) is 12.7 Å². The third-order valence-corrected chi connectivity index (χ3v) is 6.31. The average molecular weight is 435 g/mol. The maximum absolute atomic E-state index is 13.0. The number of rotatable bonds is 3. The van der Waals surface area contributed by atoms with Crippen LogP contribution in [-0.4, -0.2) is 29.8 Å². The van der Waals surface area contributed by atoms with Crippen molar-refractivity contribution >= 4 is 39.0 Å². The van der Waals surface area contributed by atoms with Gasteiger partial charge in [0, 0.05) is 23.7 Å². The lowest BCUT2D eigenvalue weighted by molar-refractivity contribution is -0.158. The van der Waals surface area contributed by atoms with Crippen molar-refractivity contribution in [1.29, 1.82) is 0 Å². The van der Waals surface area contributed by atoms with E-state index >= 15 is 0 Å². The molecule has 0 heterocycles. The van der Waals surface area contributed by atoms with E-state index in [4.69, 9.17) is 4.74 Å². The molecule has 1 N–H and O–H groups in total. The number of halogens is 1. The van der Waals surface area contributed by atoms with Crippen LogP contribution >= 0.6 is 15.9 Å². The number of hydrogen-bond acceptors (Lipinski definition) is 5. The summed E-state index contributed by atoms with van der Waals surface area (Å²) in [4.78, 5) is 37.9. The molecule has 6 heteroatoms. The molecule has 0 amide bonds. The van der Waals surface area contributed by atoms with Crippen molar-refractivity contribution in [3.05, 3.63) is 39.1 Å². The van der Waals surface area contributed by atoms with E-state index in [1.165, 1.54) is 7.11 Å². The number of allylic oxidation sites excluding steroid dienone is 1. The molecule has 2 aliphatic carbocycles. The molecule has 3 rings (SSSR count). The van der Waals surface area contributed by atoms with Crippen molar-refractivity contribution in [3.63, 3.8) is 0 Å². The zero-order chi connectivity index (χ0) is 19.9. The number of ether oxygens (including phenoxy) is 1. The summed E-state index contributed by atoms with van der Waals surface area (Å²) in [6.07, 6.45) is 1.74. The van der Waals surface area contributed by atoms with Crippen LogP contribution in [0.15, 0.2) is 22.4 Å². The van der Waals surface area contributed by atoms with Crippen LogP contribution in [0.25, 0.3) is 5.57 Å². The van der Waals surface area contributed by atoms with Crippen molar-refractivity contribution < 1.29 is 24.2 Å². The van der Waals surface area contributed by atoms with Crippen LogP contribution in [-0.2, 0) is 19.1 Å². The molecule has 27 heavy (non-hydrogen) atoms. The van der Waals surface area contributed by atoms with E-state index in [1.807, 2.05) is 26.0 Å². The lowest BCUT2D eigenvalue weighted by Gasteiger charge is -2.36. The molecule has 0 spiro atoms. The van der Waals surface area contributed by atoms with E-state index in [0.29, 0.717) is 24.8 Å². The minimum Gasteiger partial charge on any atom is -0.510 e. The van der Waals surface area contributed by atoms with Crippen LogP contribution in [0.5, 0.6) is 0 Å². The second-order valence-corrected chi connectivity index (χ2v) is 8.45. The SMILES string of the molecule is COC(=O)C1(C2CCCC(=O)C2)CC(=O)C(c2c(C)cc(Br)cc2C)=C1O. The molecule has 5 nitrogen and oxygen atoms in total. The van der Waals surface area contributed by atoms with Gasteiger partial charge < -0.3 is 9.84 Å². The molecule has 1 saturated carbocycles. The van der Waals surface area contributed by atoms with Crippen LogP contribution in [0.3, 0.4) is 0 Å². The van der Waals surface area contributed by atoms with Gasteiger partial charge in [-0.2, -0.15) is 0 Å². The van der Waals surface area contributed by atoms with Crippen molar-refractivity contribution in [2.24, 2.45) is 11.3 Å². The zero-order valence-corrected chi connectivity index (χ0v) is 17.3. The minimum atomic E-state index is -1.47. The van der Waals surface area contributed by atoms with E-state index in [9.17, 15) is 19.5 Å². The first-order chi connectivity index (χ1) is 12.7. The number of esters is 1. The second kappa shape index (κ2) is 7.23. The summed E-state index contributed by atoms with van der Waals surface area (Å²) >= 11 is 3.44. The molecule has 0 bridgehead atoms. The quantitative estimate of drug-likeness (QED) is 0.719. The number of hydrogen-bond donors (Lipinski definition) is 1. The molecule has 2 unspecified atom stereocenters. The van der Waals surface area contributed by atoms with Gasteiger partial charge in [0.2, 0.25) is 0 Å². The summed E-state index contributed by atoms with van der Waals surface area (Å²) < 4.78 is 5.88. The van der Waals surface area contributed by atoms with E-state index < -0.39 is 17.3 Å². The van der Waals surface area contributed by atoms with E-state index in [2.05, 4.69) is 15.9 Å². The van der Waals surface area contributed by atoms with Gasteiger partial charge >= 0.3 is 5.97 Å². The number of aryl methyl sites for hydroxylation is 2. The first-order valence-corrected chi connectivity index (χ1v) is 9.85. The Labute approximate surface area is 166 Å². The Hall–Kier alpha value is -1.95. The summed E-state index contributed by atoms with van der Waals surface area (Å²) in [6.45, 7) is 3.73. The molecule has 2 atom stereocenters. The van der Waals surface area contributed by atoms with Crippen LogP contribution < -0.4 is 0 Å². The highest BCUT2D eigenvalue weighted by molar-refractivity contribution is 9.10. The predicted molar refractivity (Wildman–Crippen MR) is 104 cm³/mol. The van der Waals surface area contributed by atoms with Gasteiger partial charge in [0.15, 0.2) is 5.78 Å². The molecule has 0 aliphatic heterocycles. The lowest BCUT2D eigenvalue weighted by Crippen LogP contribution is -2.42. The summed E-state index contributed by atoms with van der Waals surface area (Å²) in [5, 5.41) is 11.2. The topological polar surface area (TPSA) is 80.7 Å².